The number of halogens is 2. The van der Waals surface area contributed by atoms with E-state index in [1.165, 1.54) is 0 Å². The minimum atomic E-state index is -0.328. The van der Waals surface area contributed by atoms with Crippen LogP contribution in [0.1, 0.15) is 22.2 Å². The molecule has 0 spiro atoms. The molecule has 2 rings (SSSR count). The molecule has 0 fully saturated rings. The van der Waals surface area contributed by atoms with Crippen LogP contribution in [0, 0.1) is 6.92 Å². The van der Waals surface area contributed by atoms with Crippen LogP contribution in [0.15, 0.2) is 11.6 Å². The number of aryl methyl sites for hydroxylation is 2. The molecule has 0 aliphatic rings. The number of aromatic nitrogens is 2. The average Bonchev–Trinajstić information content (AvgIpc) is 2.73. The van der Waals surface area contributed by atoms with E-state index in [0.29, 0.717) is 5.02 Å². The quantitative estimate of drug-likeness (QED) is 0.915. The molecular formula is C10H11Cl2N3S. The highest BCUT2D eigenvalue weighted by Crippen LogP contribution is 2.36. The summed E-state index contributed by atoms with van der Waals surface area (Å²) in [6.07, 6.45) is 1.59. The number of nitrogens with zero attached hydrogens (tertiary/aromatic N) is 2. The second-order valence-corrected chi connectivity index (χ2v) is 5.27. The minimum Gasteiger partial charge on any atom is -0.318 e. The Kier molecular flexibility index (Phi) is 3.26. The predicted molar refractivity (Wildman–Crippen MR) is 68.3 cm³/mol. The van der Waals surface area contributed by atoms with Gasteiger partial charge in [-0.15, -0.1) is 11.3 Å². The molecule has 2 heterocycles. The molecule has 0 aliphatic carbocycles. The van der Waals surface area contributed by atoms with Crippen LogP contribution in [0.4, 0.5) is 0 Å². The lowest BCUT2D eigenvalue weighted by Crippen LogP contribution is -2.15. The number of rotatable bonds is 2. The summed E-state index contributed by atoms with van der Waals surface area (Å²) in [6, 6.07) is -0.328. The first-order chi connectivity index (χ1) is 7.52. The van der Waals surface area contributed by atoms with Gasteiger partial charge in [-0.2, -0.15) is 5.10 Å². The molecule has 2 aromatic rings. The Bertz CT molecular complexity index is 499. The first-order valence-corrected chi connectivity index (χ1v) is 6.32. The van der Waals surface area contributed by atoms with E-state index in [1.807, 2.05) is 19.4 Å². The van der Waals surface area contributed by atoms with Crippen molar-refractivity contribution in [3.63, 3.8) is 0 Å². The molecule has 0 aromatic carbocycles. The van der Waals surface area contributed by atoms with Crippen LogP contribution in [0.25, 0.3) is 0 Å². The number of hydrogen-bond acceptors (Lipinski definition) is 3. The molecule has 0 aliphatic heterocycles. The average molecular weight is 276 g/mol. The van der Waals surface area contributed by atoms with Gasteiger partial charge in [-0.25, -0.2) is 0 Å². The van der Waals surface area contributed by atoms with Crippen LogP contribution >= 0.6 is 34.5 Å². The molecule has 0 amide bonds. The fourth-order valence-corrected chi connectivity index (χ4v) is 3.15. The molecule has 2 N–H and O–H groups in total. The highest BCUT2D eigenvalue weighted by molar-refractivity contribution is 7.10. The third kappa shape index (κ3) is 1.86. The van der Waals surface area contributed by atoms with Crippen molar-refractivity contribution in [3.8, 4) is 0 Å². The first kappa shape index (κ1) is 11.9. The molecule has 86 valence electrons. The number of hydrogen-bond donors (Lipinski definition) is 1. The second-order valence-electron chi connectivity index (χ2n) is 3.58. The monoisotopic (exact) mass is 275 g/mol. The lowest BCUT2D eigenvalue weighted by atomic mass is 10.1. The van der Waals surface area contributed by atoms with Crippen molar-refractivity contribution >= 4 is 34.5 Å². The summed E-state index contributed by atoms with van der Waals surface area (Å²) in [5.74, 6) is 0. The van der Waals surface area contributed by atoms with Crippen molar-refractivity contribution in [2.45, 2.75) is 13.0 Å². The van der Waals surface area contributed by atoms with Crippen LogP contribution in [0.3, 0.4) is 0 Å². The van der Waals surface area contributed by atoms with E-state index in [9.17, 15) is 0 Å². The van der Waals surface area contributed by atoms with Gasteiger partial charge in [0.05, 0.1) is 28.0 Å². The fourth-order valence-electron chi connectivity index (χ4n) is 1.55. The molecule has 0 bridgehead atoms. The zero-order chi connectivity index (χ0) is 11.9. The molecule has 2 aromatic heterocycles. The van der Waals surface area contributed by atoms with E-state index >= 15 is 0 Å². The van der Waals surface area contributed by atoms with Crippen molar-refractivity contribution < 1.29 is 0 Å². The van der Waals surface area contributed by atoms with Gasteiger partial charge in [-0.3, -0.25) is 4.68 Å². The van der Waals surface area contributed by atoms with Crippen LogP contribution in [-0.4, -0.2) is 9.78 Å². The van der Waals surface area contributed by atoms with E-state index in [1.54, 1.807) is 22.2 Å². The molecule has 0 saturated heterocycles. The maximum atomic E-state index is 6.18. The minimum absolute atomic E-state index is 0.328. The van der Waals surface area contributed by atoms with Gasteiger partial charge in [0.25, 0.3) is 0 Å². The van der Waals surface area contributed by atoms with E-state index in [2.05, 4.69) is 5.10 Å². The molecule has 0 radical (unpaired) electrons. The second kappa shape index (κ2) is 4.37. The maximum absolute atomic E-state index is 6.18. The lowest BCUT2D eigenvalue weighted by molar-refractivity contribution is 0.678. The molecule has 1 unspecified atom stereocenters. The molecular weight excluding hydrogens is 265 g/mol. The molecule has 0 saturated carbocycles. The summed E-state index contributed by atoms with van der Waals surface area (Å²) < 4.78 is 1.68. The summed E-state index contributed by atoms with van der Waals surface area (Å²) >= 11 is 13.8. The van der Waals surface area contributed by atoms with Crippen LogP contribution in [0.5, 0.6) is 0 Å². The molecule has 6 heteroatoms. The van der Waals surface area contributed by atoms with E-state index in [0.717, 1.165) is 21.2 Å². The highest BCUT2D eigenvalue weighted by atomic mass is 35.5. The third-order valence-corrected chi connectivity index (χ3v) is 4.53. The van der Waals surface area contributed by atoms with Gasteiger partial charge in [0.2, 0.25) is 0 Å². The van der Waals surface area contributed by atoms with Crippen LogP contribution in [-0.2, 0) is 7.05 Å². The van der Waals surface area contributed by atoms with Gasteiger partial charge >= 0.3 is 0 Å². The Morgan fingerprint density at radius 2 is 2.19 bits per heavy atom. The zero-order valence-electron chi connectivity index (χ0n) is 8.87. The summed E-state index contributed by atoms with van der Waals surface area (Å²) in [6.45, 7) is 1.96. The Balaban J connectivity index is 2.47. The summed E-state index contributed by atoms with van der Waals surface area (Å²) in [5.41, 5.74) is 7.98. The molecule has 1 atom stereocenters. The lowest BCUT2D eigenvalue weighted by Gasteiger charge is -2.11. The molecule has 3 nitrogen and oxygen atoms in total. The summed E-state index contributed by atoms with van der Waals surface area (Å²) in [5, 5.41) is 7.34. The standard InChI is InChI=1S/C10H11Cl2N3S/c1-5-4-16-10(7(5)12)8(13)9-6(11)3-14-15(9)2/h3-4,8H,13H2,1-2H3. The van der Waals surface area contributed by atoms with Gasteiger partial charge in [0.15, 0.2) is 0 Å². The van der Waals surface area contributed by atoms with Crippen molar-refractivity contribution in [2.75, 3.05) is 0 Å². The van der Waals surface area contributed by atoms with Crippen LogP contribution in [0.2, 0.25) is 10.0 Å². The predicted octanol–water partition coefficient (Wildman–Crippen LogP) is 3.14. The van der Waals surface area contributed by atoms with Gasteiger partial charge < -0.3 is 5.73 Å². The largest absolute Gasteiger partial charge is 0.318 e. The first-order valence-electron chi connectivity index (χ1n) is 4.68. The summed E-state index contributed by atoms with van der Waals surface area (Å²) in [4.78, 5) is 0.921. The summed E-state index contributed by atoms with van der Waals surface area (Å²) in [7, 11) is 1.81. The topological polar surface area (TPSA) is 43.8 Å². The van der Waals surface area contributed by atoms with Gasteiger partial charge in [0.1, 0.15) is 0 Å². The van der Waals surface area contributed by atoms with Crippen molar-refractivity contribution in [3.05, 3.63) is 37.8 Å². The van der Waals surface area contributed by atoms with Crippen molar-refractivity contribution in [2.24, 2.45) is 12.8 Å². The van der Waals surface area contributed by atoms with Gasteiger partial charge in [0, 0.05) is 11.9 Å². The molecule has 16 heavy (non-hydrogen) atoms. The van der Waals surface area contributed by atoms with E-state index < -0.39 is 0 Å². The van der Waals surface area contributed by atoms with Crippen molar-refractivity contribution in [1.82, 2.24) is 9.78 Å². The zero-order valence-corrected chi connectivity index (χ0v) is 11.2. The van der Waals surface area contributed by atoms with Crippen LogP contribution < -0.4 is 5.73 Å². The Morgan fingerprint density at radius 1 is 1.50 bits per heavy atom. The Morgan fingerprint density at radius 3 is 2.62 bits per heavy atom. The fraction of sp³-hybridized carbons (Fsp3) is 0.300. The Hall–Kier alpha value is -0.550. The Labute approximate surface area is 108 Å². The smallest absolute Gasteiger partial charge is 0.0847 e. The SMILES string of the molecule is Cc1csc(C(N)c2c(Cl)cnn2C)c1Cl. The highest BCUT2D eigenvalue weighted by Gasteiger charge is 2.21. The van der Waals surface area contributed by atoms with Crippen molar-refractivity contribution in [1.29, 1.82) is 0 Å². The number of thiophene rings is 1. The van der Waals surface area contributed by atoms with Gasteiger partial charge in [-0.05, 0) is 17.9 Å². The van der Waals surface area contributed by atoms with E-state index in [4.69, 9.17) is 28.9 Å². The third-order valence-electron chi connectivity index (χ3n) is 2.44. The van der Waals surface area contributed by atoms with E-state index in [-0.39, 0.29) is 6.04 Å². The van der Waals surface area contributed by atoms with Gasteiger partial charge in [-0.1, -0.05) is 23.2 Å². The number of nitrogens with two attached hydrogens (primary N) is 1. The normalized spacial score (nSPS) is 13.1. The maximum Gasteiger partial charge on any atom is 0.0847 e.